The number of aryl methyl sites for hydroxylation is 2. The first-order chi connectivity index (χ1) is 13.2. The van der Waals surface area contributed by atoms with Crippen molar-refractivity contribution in [3.8, 4) is 0 Å². The van der Waals surface area contributed by atoms with Gasteiger partial charge in [0.25, 0.3) is 0 Å². The molecule has 0 fully saturated rings. The number of aromatic nitrogens is 1. The normalized spacial score (nSPS) is 10.9. The molecular weight excluding hydrogens is 350 g/mol. The van der Waals surface area contributed by atoms with Gasteiger partial charge in [-0.1, -0.05) is 56.7 Å². The number of hydrogen-bond acceptors (Lipinski definition) is 4. The second kappa shape index (κ2) is 12.6. The van der Waals surface area contributed by atoms with Crippen molar-refractivity contribution >= 4 is 23.9 Å². The van der Waals surface area contributed by atoms with E-state index in [1.54, 1.807) is 12.1 Å². The predicted molar refractivity (Wildman–Crippen MR) is 121 cm³/mol. The molecule has 0 radical (unpaired) electrons. The summed E-state index contributed by atoms with van der Waals surface area (Å²) in [4.78, 5) is 4.24. The fourth-order valence-electron chi connectivity index (χ4n) is 2.97. The maximum atomic E-state index is 4.24. The summed E-state index contributed by atoms with van der Waals surface area (Å²) in [5.41, 5.74) is 4.79. The molecule has 2 rings (SSSR count). The lowest BCUT2D eigenvalue weighted by Gasteiger charge is -2.20. The molecular formula is C23H33N3S. The standard InChI is InChI=1S/C23H33N3S/c1-4-17-26(27-25-23-15-16-24-20(3)19-23)18-9-7-6-8-10-22-13-11-21(5-2)12-14-22/h5,11-16,19H,2,4,6-10,17-18H2,1,3H3,(H,24,25). The molecule has 0 amide bonds. The monoisotopic (exact) mass is 383 g/mol. The summed E-state index contributed by atoms with van der Waals surface area (Å²) >= 11 is 1.72. The van der Waals surface area contributed by atoms with Crippen molar-refractivity contribution in [2.45, 2.75) is 52.4 Å². The number of pyridine rings is 1. The van der Waals surface area contributed by atoms with Gasteiger partial charge in [0, 0.05) is 42.8 Å². The molecule has 0 unspecified atom stereocenters. The van der Waals surface area contributed by atoms with Gasteiger partial charge in [0.1, 0.15) is 0 Å². The summed E-state index contributed by atoms with van der Waals surface area (Å²) in [6.07, 6.45) is 11.2. The molecule has 27 heavy (non-hydrogen) atoms. The molecule has 0 saturated carbocycles. The van der Waals surface area contributed by atoms with Crippen LogP contribution in [0.1, 0.15) is 55.8 Å². The van der Waals surface area contributed by atoms with Crippen LogP contribution in [0.15, 0.2) is 49.2 Å². The molecule has 3 nitrogen and oxygen atoms in total. The van der Waals surface area contributed by atoms with Crippen LogP contribution in [0, 0.1) is 6.92 Å². The summed E-state index contributed by atoms with van der Waals surface area (Å²) in [5.74, 6) is 0. The zero-order valence-corrected chi connectivity index (χ0v) is 17.6. The minimum absolute atomic E-state index is 1.04. The number of rotatable bonds is 13. The highest BCUT2D eigenvalue weighted by molar-refractivity contribution is 7.98. The van der Waals surface area contributed by atoms with Crippen LogP contribution < -0.4 is 4.72 Å². The maximum absolute atomic E-state index is 4.24. The SMILES string of the molecule is C=Cc1ccc(CCCCCCN(CCC)SNc2ccnc(C)c2)cc1. The fraction of sp³-hybridized carbons (Fsp3) is 0.435. The van der Waals surface area contributed by atoms with Crippen LogP contribution in [0.4, 0.5) is 5.69 Å². The lowest BCUT2D eigenvalue weighted by molar-refractivity contribution is 0.445. The number of hydrogen-bond donors (Lipinski definition) is 1. The topological polar surface area (TPSA) is 28.2 Å². The molecule has 1 aromatic carbocycles. The number of benzene rings is 1. The van der Waals surface area contributed by atoms with E-state index in [9.17, 15) is 0 Å². The van der Waals surface area contributed by atoms with Crippen molar-refractivity contribution in [2.24, 2.45) is 0 Å². The number of nitrogens with one attached hydrogen (secondary N) is 1. The van der Waals surface area contributed by atoms with E-state index in [-0.39, 0.29) is 0 Å². The highest BCUT2D eigenvalue weighted by Crippen LogP contribution is 2.18. The predicted octanol–water partition coefficient (Wildman–Crippen LogP) is 6.52. The van der Waals surface area contributed by atoms with Gasteiger partial charge in [0.2, 0.25) is 0 Å². The van der Waals surface area contributed by atoms with Gasteiger partial charge in [-0.3, -0.25) is 4.98 Å². The Morgan fingerprint density at radius 3 is 2.56 bits per heavy atom. The van der Waals surface area contributed by atoms with Gasteiger partial charge in [0.15, 0.2) is 0 Å². The Morgan fingerprint density at radius 2 is 1.85 bits per heavy atom. The third-order valence-corrected chi connectivity index (χ3v) is 5.45. The van der Waals surface area contributed by atoms with Crippen molar-refractivity contribution in [1.29, 1.82) is 0 Å². The summed E-state index contributed by atoms with van der Waals surface area (Å²) in [6.45, 7) is 10.3. The molecule has 0 spiro atoms. The van der Waals surface area contributed by atoms with E-state index in [1.165, 1.54) is 49.7 Å². The Hall–Kier alpha value is -1.78. The molecule has 0 atom stereocenters. The molecule has 1 N–H and O–H groups in total. The first kappa shape index (κ1) is 21.5. The maximum Gasteiger partial charge on any atom is 0.0485 e. The van der Waals surface area contributed by atoms with Crippen LogP contribution in [0.5, 0.6) is 0 Å². The van der Waals surface area contributed by atoms with E-state index < -0.39 is 0 Å². The van der Waals surface area contributed by atoms with Gasteiger partial charge in [-0.2, -0.15) is 0 Å². The first-order valence-electron chi connectivity index (χ1n) is 10.0. The highest BCUT2D eigenvalue weighted by atomic mass is 32.2. The largest absolute Gasteiger partial charge is 0.317 e. The van der Waals surface area contributed by atoms with E-state index in [4.69, 9.17) is 0 Å². The lowest BCUT2D eigenvalue weighted by atomic mass is 10.0. The van der Waals surface area contributed by atoms with Crippen LogP contribution in [0.2, 0.25) is 0 Å². The van der Waals surface area contributed by atoms with Crippen LogP contribution in [0.3, 0.4) is 0 Å². The number of nitrogens with zero attached hydrogens (tertiary/aromatic N) is 2. The Kier molecular flexibility index (Phi) is 10.0. The van der Waals surface area contributed by atoms with Crippen molar-refractivity contribution < 1.29 is 0 Å². The van der Waals surface area contributed by atoms with Crippen molar-refractivity contribution in [1.82, 2.24) is 9.29 Å². The number of unbranched alkanes of at least 4 members (excludes halogenated alkanes) is 3. The zero-order chi connectivity index (χ0) is 19.3. The number of anilines is 1. The third kappa shape index (κ3) is 8.63. The van der Waals surface area contributed by atoms with Gasteiger partial charge >= 0.3 is 0 Å². The fourth-order valence-corrected chi connectivity index (χ4v) is 3.83. The van der Waals surface area contributed by atoms with Crippen LogP contribution in [-0.4, -0.2) is 22.4 Å². The van der Waals surface area contributed by atoms with Crippen LogP contribution in [0.25, 0.3) is 6.08 Å². The molecule has 1 aromatic heterocycles. The first-order valence-corrected chi connectivity index (χ1v) is 10.8. The minimum atomic E-state index is 1.04. The van der Waals surface area contributed by atoms with Gasteiger partial charge < -0.3 is 4.72 Å². The van der Waals surface area contributed by atoms with Crippen LogP contribution >= 0.6 is 12.1 Å². The van der Waals surface area contributed by atoms with E-state index in [2.05, 4.69) is 57.8 Å². The summed E-state index contributed by atoms with van der Waals surface area (Å²) in [5, 5.41) is 0. The van der Waals surface area contributed by atoms with Gasteiger partial charge in [-0.05, 0) is 55.9 Å². The Labute approximate surface area is 169 Å². The Morgan fingerprint density at radius 1 is 1.07 bits per heavy atom. The molecule has 0 bridgehead atoms. The van der Waals surface area contributed by atoms with Gasteiger partial charge in [0.05, 0.1) is 0 Å². The van der Waals surface area contributed by atoms with Gasteiger partial charge in [-0.15, -0.1) is 0 Å². The molecule has 4 heteroatoms. The van der Waals surface area contributed by atoms with E-state index in [0.717, 1.165) is 24.5 Å². The zero-order valence-electron chi connectivity index (χ0n) is 16.8. The van der Waals surface area contributed by atoms with E-state index >= 15 is 0 Å². The molecule has 2 aromatic rings. The average molecular weight is 384 g/mol. The van der Waals surface area contributed by atoms with Crippen LogP contribution in [-0.2, 0) is 6.42 Å². The third-order valence-electron chi connectivity index (χ3n) is 4.50. The molecule has 146 valence electrons. The lowest BCUT2D eigenvalue weighted by Crippen LogP contribution is -2.20. The summed E-state index contributed by atoms with van der Waals surface area (Å²) in [7, 11) is 0. The van der Waals surface area contributed by atoms with Crippen molar-refractivity contribution in [3.05, 3.63) is 66.0 Å². The smallest absolute Gasteiger partial charge is 0.0485 e. The van der Waals surface area contributed by atoms with E-state index in [1.807, 2.05) is 25.3 Å². The molecule has 0 saturated heterocycles. The second-order valence-electron chi connectivity index (χ2n) is 6.92. The summed E-state index contributed by atoms with van der Waals surface area (Å²) < 4.78 is 5.88. The molecule has 0 aliphatic carbocycles. The summed E-state index contributed by atoms with van der Waals surface area (Å²) in [6, 6.07) is 12.9. The Balaban J connectivity index is 1.61. The molecule has 0 aliphatic rings. The quantitative estimate of drug-likeness (QED) is 0.315. The van der Waals surface area contributed by atoms with E-state index in [0.29, 0.717) is 0 Å². The second-order valence-corrected chi connectivity index (χ2v) is 7.82. The molecule has 0 aliphatic heterocycles. The molecule has 1 heterocycles. The minimum Gasteiger partial charge on any atom is -0.317 e. The van der Waals surface area contributed by atoms with Gasteiger partial charge in [-0.25, -0.2) is 4.31 Å². The average Bonchev–Trinajstić information content (AvgIpc) is 2.69. The highest BCUT2D eigenvalue weighted by Gasteiger charge is 2.05. The van der Waals surface area contributed by atoms with Crippen molar-refractivity contribution in [3.63, 3.8) is 0 Å². The Bertz CT molecular complexity index is 670. The van der Waals surface area contributed by atoms with Crippen molar-refractivity contribution in [2.75, 3.05) is 17.8 Å².